The first-order valence-electron chi connectivity index (χ1n) is 7.93. The number of hydrogen-bond donors (Lipinski definition) is 1. The monoisotopic (exact) mass is 365 g/mol. The van der Waals surface area contributed by atoms with Gasteiger partial charge in [-0.15, -0.1) is 5.10 Å². The SMILES string of the molecule is O=S(=O)(NC(c1ccccn1)n1nnc2ccccc21)c1ccccc1. The fourth-order valence-electron chi connectivity index (χ4n) is 2.67. The summed E-state index contributed by atoms with van der Waals surface area (Å²) in [6.45, 7) is 0. The Morgan fingerprint density at radius 2 is 1.62 bits per heavy atom. The zero-order valence-corrected chi connectivity index (χ0v) is 14.4. The van der Waals surface area contributed by atoms with Gasteiger partial charge in [0, 0.05) is 6.20 Å². The summed E-state index contributed by atoms with van der Waals surface area (Å²) in [4.78, 5) is 4.48. The van der Waals surface area contributed by atoms with Gasteiger partial charge in [-0.2, -0.15) is 4.72 Å². The molecule has 4 rings (SSSR count). The fourth-order valence-corrected chi connectivity index (χ4v) is 3.83. The van der Waals surface area contributed by atoms with Crippen molar-refractivity contribution in [3.8, 4) is 0 Å². The molecule has 2 aromatic carbocycles. The first-order chi connectivity index (χ1) is 12.6. The van der Waals surface area contributed by atoms with Crippen LogP contribution in [0.5, 0.6) is 0 Å². The van der Waals surface area contributed by atoms with E-state index in [1.165, 1.54) is 16.8 Å². The van der Waals surface area contributed by atoms with Crippen LogP contribution < -0.4 is 4.72 Å². The second kappa shape index (κ2) is 6.66. The van der Waals surface area contributed by atoms with Gasteiger partial charge >= 0.3 is 0 Å². The zero-order chi connectivity index (χ0) is 18.0. The van der Waals surface area contributed by atoms with E-state index in [1.54, 1.807) is 42.6 Å². The third-order valence-corrected chi connectivity index (χ3v) is 5.34. The Morgan fingerprint density at radius 1 is 0.885 bits per heavy atom. The van der Waals surface area contributed by atoms with Gasteiger partial charge < -0.3 is 0 Å². The van der Waals surface area contributed by atoms with Gasteiger partial charge in [-0.1, -0.05) is 41.6 Å². The van der Waals surface area contributed by atoms with Gasteiger partial charge in [-0.25, -0.2) is 13.1 Å². The maximum absolute atomic E-state index is 12.8. The molecule has 4 aromatic rings. The Kier molecular flexibility index (Phi) is 4.19. The molecule has 0 radical (unpaired) electrons. The molecule has 0 saturated carbocycles. The molecule has 7 nitrogen and oxygen atoms in total. The second-order valence-corrected chi connectivity index (χ2v) is 7.33. The molecule has 130 valence electrons. The molecule has 0 amide bonds. The molecule has 0 fully saturated rings. The highest BCUT2D eigenvalue weighted by atomic mass is 32.2. The van der Waals surface area contributed by atoms with Crippen LogP contribution in [0.1, 0.15) is 11.9 Å². The third-order valence-electron chi connectivity index (χ3n) is 3.91. The molecule has 1 N–H and O–H groups in total. The number of para-hydroxylation sites is 1. The van der Waals surface area contributed by atoms with Crippen molar-refractivity contribution in [3.05, 3.63) is 84.7 Å². The molecule has 0 aliphatic heterocycles. The molecular weight excluding hydrogens is 350 g/mol. The maximum Gasteiger partial charge on any atom is 0.242 e. The Balaban J connectivity index is 1.82. The summed E-state index contributed by atoms with van der Waals surface area (Å²) in [6, 6.07) is 20.9. The molecule has 0 saturated heterocycles. The van der Waals surface area contributed by atoms with Gasteiger partial charge in [0.25, 0.3) is 0 Å². The van der Waals surface area contributed by atoms with E-state index in [1.807, 2.05) is 24.3 Å². The average Bonchev–Trinajstić information content (AvgIpc) is 3.11. The molecule has 0 aliphatic carbocycles. The van der Waals surface area contributed by atoms with Crippen molar-refractivity contribution in [2.75, 3.05) is 0 Å². The molecule has 0 aliphatic rings. The molecule has 2 aromatic heterocycles. The quantitative estimate of drug-likeness (QED) is 0.586. The summed E-state index contributed by atoms with van der Waals surface area (Å²) in [5.41, 5.74) is 1.90. The summed E-state index contributed by atoms with van der Waals surface area (Å²) >= 11 is 0. The fraction of sp³-hybridized carbons (Fsp3) is 0.0556. The Morgan fingerprint density at radius 3 is 2.38 bits per heavy atom. The zero-order valence-electron chi connectivity index (χ0n) is 13.6. The molecule has 8 heteroatoms. The molecular formula is C18H15N5O2S. The van der Waals surface area contributed by atoms with Crippen LogP contribution >= 0.6 is 0 Å². The van der Waals surface area contributed by atoms with Crippen LogP contribution in [-0.4, -0.2) is 28.4 Å². The van der Waals surface area contributed by atoms with E-state index in [0.29, 0.717) is 16.7 Å². The van der Waals surface area contributed by atoms with E-state index < -0.39 is 16.2 Å². The lowest BCUT2D eigenvalue weighted by molar-refractivity contribution is 0.473. The number of aromatic nitrogens is 4. The van der Waals surface area contributed by atoms with Crippen molar-refractivity contribution in [3.63, 3.8) is 0 Å². The normalized spacial score (nSPS) is 12.9. The number of rotatable bonds is 5. The van der Waals surface area contributed by atoms with Crippen molar-refractivity contribution in [2.45, 2.75) is 11.1 Å². The number of nitrogens with one attached hydrogen (secondary N) is 1. The predicted molar refractivity (Wildman–Crippen MR) is 96.7 cm³/mol. The van der Waals surface area contributed by atoms with Gasteiger partial charge in [-0.3, -0.25) is 4.98 Å². The summed E-state index contributed by atoms with van der Waals surface area (Å²) in [5.74, 6) is 0. The van der Waals surface area contributed by atoms with E-state index in [-0.39, 0.29) is 4.90 Å². The standard InChI is InChI=1S/C18H15N5O2S/c24-26(25,14-8-2-1-3-9-14)21-18(16-11-6-7-13-19-16)23-17-12-5-4-10-15(17)20-22-23/h1-13,18,21H. The first kappa shape index (κ1) is 16.4. The molecule has 2 heterocycles. The van der Waals surface area contributed by atoms with Crippen LogP contribution in [0.3, 0.4) is 0 Å². The van der Waals surface area contributed by atoms with Crippen LogP contribution in [0, 0.1) is 0 Å². The predicted octanol–water partition coefficient (Wildman–Crippen LogP) is 2.35. The average molecular weight is 365 g/mol. The minimum absolute atomic E-state index is 0.172. The van der Waals surface area contributed by atoms with Gasteiger partial charge in [0.05, 0.1) is 16.1 Å². The van der Waals surface area contributed by atoms with Gasteiger partial charge in [0.1, 0.15) is 5.52 Å². The Labute approximate surface area is 150 Å². The largest absolute Gasteiger partial charge is 0.258 e. The summed E-state index contributed by atoms with van der Waals surface area (Å²) in [5, 5.41) is 8.27. The summed E-state index contributed by atoms with van der Waals surface area (Å²) in [7, 11) is -3.78. The van der Waals surface area contributed by atoms with Crippen LogP contribution in [0.15, 0.2) is 83.9 Å². The van der Waals surface area contributed by atoms with Crippen LogP contribution in [0.2, 0.25) is 0 Å². The number of pyridine rings is 1. The highest BCUT2D eigenvalue weighted by molar-refractivity contribution is 7.89. The Hall–Kier alpha value is -3.10. The summed E-state index contributed by atoms with van der Waals surface area (Å²) < 4.78 is 29.9. The lowest BCUT2D eigenvalue weighted by Crippen LogP contribution is -2.34. The van der Waals surface area contributed by atoms with E-state index >= 15 is 0 Å². The molecule has 0 spiro atoms. The van der Waals surface area contributed by atoms with Crippen LogP contribution in [-0.2, 0) is 10.0 Å². The lowest BCUT2D eigenvalue weighted by Gasteiger charge is -2.19. The number of fused-ring (bicyclic) bond motifs is 1. The van der Waals surface area contributed by atoms with Crippen molar-refractivity contribution in [2.24, 2.45) is 0 Å². The van der Waals surface area contributed by atoms with Crippen LogP contribution in [0.25, 0.3) is 11.0 Å². The summed E-state index contributed by atoms with van der Waals surface area (Å²) in [6.07, 6.45) is 0.784. The first-order valence-corrected chi connectivity index (χ1v) is 9.42. The molecule has 26 heavy (non-hydrogen) atoms. The van der Waals surface area contributed by atoms with E-state index in [0.717, 1.165) is 0 Å². The third kappa shape index (κ3) is 3.07. The lowest BCUT2D eigenvalue weighted by atomic mass is 10.2. The van der Waals surface area contributed by atoms with Gasteiger partial charge in [0.2, 0.25) is 10.0 Å². The Bertz CT molecular complexity index is 1130. The van der Waals surface area contributed by atoms with Crippen molar-refractivity contribution in [1.29, 1.82) is 0 Å². The highest BCUT2D eigenvalue weighted by Gasteiger charge is 2.25. The van der Waals surface area contributed by atoms with E-state index in [4.69, 9.17) is 0 Å². The van der Waals surface area contributed by atoms with E-state index in [2.05, 4.69) is 20.0 Å². The second-order valence-electron chi connectivity index (χ2n) is 5.61. The minimum Gasteiger partial charge on any atom is -0.258 e. The number of nitrogens with zero attached hydrogens (tertiary/aromatic N) is 4. The van der Waals surface area contributed by atoms with Crippen molar-refractivity contribution >= 4 is 21.1 Å². The van der Waals surface area contributed by atoms with Crippen molar-refractivity contribution < 1.29 is 8.42 Å². The van der Waals surface area contributed by atoms with Gasteiger partial charge in [0.15, 0.2) is 6.17 Å². The number of sulfonamides is 1. The minimum atomic E-state index is -3.78. The van der Waals surface area contributed by atoms with Crippen LogP contribution in [0.4, 0.5) is 0 Å². The maximum atomic E-state index is 12.8. The molecule has 0 bridgehead atoms. The molecule has 1 atom stereocenters. The van der Waals surface area contributed by atoms with Crippen molar-refractivity contribution in [1.82, 2.24) is 24.7 Å². The topological polar surface area (TPSA) is 89.8 Å². The number of hydrogen-bond acceptors (Lipinski definition) is 5. The highest BCUT2D eigenvalue weighted by Crippen LogP contribution is 2.21. The molecule has 1 unspecified atom stereocenters. The van der Waals surface area contributed by atoms with Gasteiger partial charge in [-0.05, 0) is 36.4 Å². The van der Waals surface area contributed by atoms with E-state index in [9.17, 15) is 8.42 Å². The smallest absolute Gasteiger partial charge is 0.242 e. The number of benzene rings is 2.